The molecule has 32 heavy (non-hydrogen) atoms. The zero-order chi connectivity index (χ0) is 22.8. The number of aryl methyl sites for hydroxylation is 1. The van der Waals surface area contributed by atoms with Gasteiger partial charge in [-0.1, -0.05) is 23.7 Å². The molecule has 8 nitrogen and oxygen atoms in total. The Morgan fingerprint density at radius 3 is 2.56 bits per heavy atom. The lowest BCUT2D eigenvalue weighted by Gasteiger charge is -2.12. The Labute approximate surface area is 189 Å². The number of ether oxygens (including phenoxy) is 2. The van der Waals surface area contributed by atoms with Crippen molar-refractivity contribution in [1.82, 2.24) is 14.1 Å². The molecule has 1 amide bonds. The number of fused-ring (bicyclic) bond motifs is 1. The Bertz CT molecular complexity index is 1360. The molecule has 9 heteroatoms. The molecule has 0 unspecified atom stereocenters. The molecular formula is C23H21ClN4O4. The Morgan fingerprint density at radius 2 is 1.88 bits per heavy atom. The molecule has 0 aliphatic rings. The molecule has 0 aliphatic heterocycles. The number of nitrogens with zero attached hydrogens (tertiary/aromatic N) is 3. The van der Waals surface area contributed by atoms with Crippen LogP contribution in [0.15, 0.2) is 59.8 Å². The van der Waals surface area contributed by atoms with Gasteiger partial charge in [0.05, 0.1) is 26.2 Å². The lowest BCUT2D eigenvalue weighted by atomic mass is 10.1. The number of aromatic nitrogens is 3. The number of hydrogen-bond donors (Lipinski definition) is 1. The Morgan fingerprint density at radius 1 is 1.12 bits per heavy atom. The highest BCUT2D eigenvalue weighted by Crippen LogP contribution is 2.29. The fraction of sp³-hybridized carbons (Fsp3) is 0.174. The molecular weight excluding hydrogens is 432 g/mol. The summed E-state index contributed by atoms with van der Waals surface area (Å²) in [5.74, 6) is 0.670. The van der Waals surface area contributed by atoms with Crippen LogP contribution >= 0.6 is 11.6 Å². The fourth-order valence-electron chi connectivity index (χ4n) is 3.51. The van der Waals surface area contributed by atoms with Gasteiger partial charge in [-0.2, -0.15) is 0 Å². The van der Waals surface area contributed by atoms with Crippen molar-refractivity contribution in [3.63, 3.8) is 0 Å². The Kier molecular flexibility index (Phi) is 5.87. The van der Waals surface area contributed by atoms with Gasteiger partial charge in [-0.05, 0) is 29.8 Å². The summed E-state index contributed by atoms with van der Waals surface area (Å²) in [7, 11) is 4.82. The van der Waals surface area contributed by atoms with Crippen molar-refractivity contribution in [3.05, 3.63) is 70.4 Å². The van der Waals surface area contributed by atoms with E-state index in [0.29, 0.717) is 33.2 Å². The lowest BCUT2D eigenvalue weighted by molar-refractivity contribution is -0.116. The second kappa shape index (κ2) is 8.76. The molecule has 164 valence electrons. The van der Waals surface area contributed by atoms with Crippen LogP contribution in [-0.4, -0.2) is 34.2 Å². The zero-order valence-corrected chi connectivity index (χ0v) is 18.5. The van der Waals surface area contributed by atoms with E-state index < -0.39 is 0 Å². The molecule has 2 aromatic heterocycles. The number of benzene rings is 2. The summed E-state index contributed by atoms with van der Waals surface area (Å²) in [4.78, 5) is 30.2. The maximum atomic E-state index is 13.1. The molecule has 0 saturated heterocycles. The number of hydrogen-bond acceptors (Lipinski definition) is 5. The van der Waals surface area contributed by atoms with Crippen LogP contribution in [0.3, 0.4) is 0 Å². The average molecular weight is 453 g/mol. The molecule has 2 heterocycles. The minimum absolute atomic E-state index is 0.196. The van der Waals surface area contributed by atoms with Crippen molar-refractivity contribution in [1.29, 1.82) is 0 Å². The zero-order valence-electron chi connectivity index (χ0n) is 17.8. The number of carbonyl (C=O) groups excluding carboxylic acids is 1. The van der Waals surface area contributed by atoms with Gasteiger partial charge in [-0.15, -0.1) is 0 Å². The van der Waals surface area contributed by atoms with Gasteiger partial charge < -0.3 is 19.4 Å². The van der Waals surface area contributed by atoms with Crippen molar-refractivity contribution >= 4 is 34.2 Å². The number of rotatable bonds is 6. The first-order valence-electron chi connectivity index (χ1n) is 9.73. The van der Waals surface area contributed by atoms with Gasteiger partial charge in [0.2, 0.25) is 5.91 Å². The maximum absolute atomic E-state index is 13.1. The largest absolute Gasteiger partial charge is 0.497 e. The normalized spacial score (nSPS) is 10.9. The van der Waals surface area contributed by atoms with Gasteiger partial charge in [0.1, 0.15) is 29.1 Å². The summed E-state index contributed by atoms with van der Waals surface area (Å²) >= 11 is 5.98. The van der Waals surface area contributed by atoms with Crippen LogP contribution in [0.1, 0.15) is 0 Å². The van der Waals surface area contributed by atoms with Gasteiger partial charge >= 0.3 is 0 Å². The number of nitrogens with one attached hydrogen (secondary N) is 1. The predicted molar refractivity (Wildman–Crippen MR) is 124 cm³/mol. The third-order valence-corrected chi connectivity index (χ3v) is 5.35. The monoisotopic (exact) mass is 452 g/mol. The SMILES string of the molecule is COc1ccc(NC(=O)Cn2cnc3c(-c4ccc(Cl)cc4)cn(C)c3c2=O)c(OC)c1. The summed E-state index contributed by atoms with van der Waals surface area (Å²) in [5, 5.41) is 3.39. The lowest BCUT2D eigenvalue weighted by Crippen LogP contribution is -2.28. The van der Waals surface area contributed by atoms with Crippen LogP contribution < -0.4 is 20.3 Å². The van der Waals surface area contributed by atoms with Crippen LogP contribution in [0.2, 0.25) is 5.02 Å². The standard InChI is InChI=1S/C23H21ClN4O4/c1-27-11-17(14-4-6-15(24)7-5-14)21-22(27)23(30)28(13-25-21)12-20(29)26-18-9-8-16(31-2)10-19(18)32-3/h4-11,13H,12H2,1-3H3,(H,26,29). The summed E-state index contributed by atoms with van der Waals surface area (Å²) in [5.41, 5.74) is 2.85. The Balaban J connectivity index is 1.62. The molecule has 4 aromatic rings. The molecule has 2 aromatic carbocycles. The van der Waals surface area contributed by atoms with Crippen molar-refractivity contribution in [3.8, 4) is 22.6 Å². The van der Waals surface area contributed by atoms with Crippen LogP contribution in [0.25, 0.3) is 22.2 Å². The van der Waals surface area contributed by atoms with E-state index in [0.717, 1.165) is 11.1 Å². The minimum atomic E-state index is -0.385. The van der Waals surface area contributed by atoms with Gasteiger partial charge in [0.25, 0.3) is 5.56 Å². The summed E-state index contributed by atoms with van der Waals surface area (Å²) in [6.07, 6.45) is 3.23. The molecule has 0 atom stereocenters. The fourth-order valence-corrected chi connectivity index (χ4v) is 3.64. The molecule has 0 saturated carbocycles. The van der Waals surface area contributed by atoms with Crippen molar-refractivity contribution in [2.75, 3.05) is 19.5 Å². The summed E-state index contributed by atoms with van der Waals surface area (Å²) in [6, 6.07) is 12.4. The van der Waals surface area contributed by atoms with Crippen LogP contribution in [-0.2, 0) is 18.4 Å². The minimum Gasteiger partial charge on any atom is -0.497 e. The van der Waals surface area contributed by atoms with Gasteiger partial charge in [0, 0.05) is 29.9 Å². The molecule has 0 bridgehead atoms. The second-order valence-electron chi connectivity index (χ2n) is 7.15. The van der Waals surface area contributed by atoms with E-state index in [1.165, 1.54) is 18.0 Å². The van der Waals surface area contributed by atoms with E-state index in [9.17, 15) is 9.59 Å². The number of carbonyl (C=O) groups is 1. The van der Waals surface area contributed by atoms with Crippen LogP contribution in [0.4, 0.5) is 5.69 Å². The molecule has 0 spiro atoms. The maximum Gasteiger partial charge on any atom is 0.278 e. The van der Waals surface area contributed by atoms with E-state index >= 15 is 0 Å². The van der Waals surface area contributed by atoms with E-state index in [4.69, 9.17) is 21.1 Å². The smallest absolute Gasteiger partial charge is 0.278 e. The number of halogens is 1. The van der Waals surface area contributed by atoms with Crippen molar-refractivity contribution in [2.24, 2.45) is 7.05 Å². The molecule has 0 radical (unpaired) electrons. The number of anilines is 1. The van der Waals surface area contributed by atoms with E-state index in [1.807, 2.05) is 18.3 Å². The van der Waals surface area contributed by atoms with Crippen LogP contribution in [0.5, 0.6) is 11.5 Å². The third-order valence-electron chi connectivity index (χ3n) is 5.10. The van der Waals surface area contributed by atoms with E-state index in [2.05, 4.69) is 10.3 Å². The number of methoxy groups -OCH3 is 2. The molecule has 0 fully saturated rings. The van der Waals surface area contributed by atoms with Gasteiger partial charge in [0.15, 0.2) is 0 Å². The quantitative estimate of drug-likeness (QED) is 0.482. The molecule has 0 aliphatic carbocycles. The first-order chi connectivity index (χ1) is 15.4. The highest BCUT2D eigenvalue weighted by Gasteiger charge is 2.17. The van der Waals surface area contributed by atoms with E-state index in [-0.39, 0.29) is 18.0 Å². The topological polar surface area (TPSA) is 87.4 Å². The third kappa shape index (κ3) is 4.04. The second-order valence-corrected chi connectivity index (χ2v) is 7.59. The summed E-state index contributed by atoms with van der Waals surface area (Å²) < 4.78 is 13.5. The molecule has 4 rings (SSSR count). The highest BCUT2D eigenvalue weighted by atomic mass is 35.5. The highest BCUT2D eigenvalue weighted by molar-refractivity contribution is 6.30. The van der Waals surface area contributed by atoms with Crippen molar-refractivity contribution in [2.45, 2.75) is 6.54 Å². The van der Waals surface area contributed by atoms with Crippen LogP contribution in [0, 0.1) is 0 Å². The van der Waals surface area contributed by atoms with Crippen molar-refractivity contribution < 1.29 is 14.3 Å². The number of amides is 1. The van der Waals surface area contributed by atoms with Gasteiger partial charge in [-0.3, -0.25) is 14.2 Å². The van der Waals surface area contributed by atoms with Gasteiger partial charge in [-0.25, -0.2) is 4.98 Å². The predicted octanol–water partition coefficient (Wildman–Crippen LogP) is 3.71. The Hall–Kier alpha value is -3.78. The first-order valence-corrected chi connectivity index (χ1v) is 10.1. The average Bonchev–Trinajstić information content (AvgIpc) is 3.13. The first kappa shape index (κ1) is 21.5. The van der Waals surface area contributed by atoms with E-state index in [1.54, 1.807) is 49.1 Å². The molecule has 1 N–H and O–H groups in total. The summed E-state index contributed by atoms with van der Waals surface area (Å²) in [6.45, 7) is -0.196.